The molecule has 3 N–H and O–H groups in total. The fourth-order valence-corrected chi connectivity index (χ4v) is 1.86. The molecule has 0 aliphatic rings. The molecule has 0 atom stereocenters. The third-order valence-corrected chi connectivity index (χ3v) is 2.67. The van der Waals surface area contributed by atoms with E-state index in [2.05, 4.69) is 5.32 Å². The lowest BCUT2D eigenvalue weighted by atomic mass is 10.1. The number of para-hydroxylation sites is 1. The highest BCUT2D eigenvalue weighted by atomic mass is 19.1. The van der Waals surface area contributed by atoms with E-state index in [-0.39, 0.29) is 6.54 Å². The summed E-state index contributed by atoms with van der Waals surface area (Å²) in [5.74, 6) is -2.05. The van der Waals surface area contributed by atoms with Gasteiger partial charge in [-0.25, -0.2) is 8.78 Å². The molecular weight excluding hydrogens is 264 g/mol. The molecule has 0 aliphatic carbocycles. The number of halogens is 2. The fraction of sp³-hybridized carbons (Fsp3) is 0.500. The van der Waals surface area contributed by atoms with Gasteiger partial charge in [0, 0.05) is 12.1 Å². The summed E-state index contributed by atoms with van der Waals surface area (Å²) < 4.78 is 26.8. The molecule has 0 fully saturated rings. The molecule has 0 aromatic heterocycles. The van der Waals surface area contributed by atoms with Gasteiger partial charge in [0.25, 0.3) is 0 Å². The van der Waals surface area contributed by atoms with Crippen molar-refractivity contribution in [2.45, 2.75) is 26.3 Å². The van der Waals surface area contributed by atoms with Crippen LogP contribution in [0.25, 0.3) is 0 Å². The van der Waals surface area contributed by atoms with Crippen molar-refractivity contribution in [2.75, 3.05) is 25.0 Å². The van der Waals surface area contributed by atoms with E-state index >= 15 is 0 Å². The molecule has 0 bridgehead atoms. The van der Waals surface area contributed by atoms with Gasteiger partial charge in [0.1, 0.15) is 17.3 Å². The first-order chi connectivity index (χ1) is 9.23. The number of likely N-dealkylation sites (N-methyl/N-ethyl adjacent to an activating group) is 1. The SMILES string of the molecule is CCN(CC(=O)Nc1c(F)cccc1F)CC(C)(C)N. The molecule has 0 unspecified atom stereocenters. The maximum absolute atomic E-state index is 13.4. The molecule has 4 nitrogen and oxygen atoms in total. The van der Waals surface area contributed by atoms with E-state index in [0.717, 1.165) is 12.1 Å². The zero-order valence-electron chi connectivity index (χ0n) is 12.0. The summed E-state index contributed by atoms with van der Waals surface area (Å²) in [6.45, 7) is 6.76. The van der Waals surface area contributed by atoms with Crippen molar-refractivity contribution in [1.29, 1.82) is 0 Å². The van der Waals surface area contributed by atoms with E-state index in [1.54, 1.807) is 0 Å². The second-order valence-corrected chi connectivity index (χ2v) is 5.44. The Morgan fingerprint density at radius 3 is 2.35 bits per heavy atom. The van der Waals surface area contributed by atoms with Crippen molar-refractivity contribution in [3.05, 3.63) is 29.8 Å². The van der Waals surface area contributed by atoms with Crippen LogP contribution in [-0.2, 0) is 4.79 Å². The van der Waals surface area contributed by atoms with Gasteiger partial charge in [0.15, 0.2) is 0 Å². The van der Waals surface area contributed by atoms with Crippen LogP contribution in [0, 0.1) is 11.6 Å². The highest BCUT2D eigenvalue weighted by Gasteiger charge is 2.19. The number of carbonyl (C=O) groups is 1. The van der Waals surface area contributed by atoms with Crippen LogP contribution in [0.3, 0.4) is 0 Å². The maximum atomic E-state index is 13.4. The predicted octanol–water partition coefficient (Wildman–Crippen LogP) is 1.96. The van der Waals surface area contributed by atoms with Crippen molar-refractivity contribution in [1.82, 2.24) is 4.90 Å². The van der Waals surface area contributed by atoms with Crippen LogP contribution in [0.5, 0.6) is 0 Å². The smallest absolute Gasteiger partial charge is 0.238 e. The zero-order valence-corrected chi connectivity index (χ0v) is 12.0. The van der Waals surface area contributed by atoms with Crippen molar-refractivity contribution < 1.29 is 13.6 Å². The van der Waals surface area contributed by atoms with E-state index in [1.807, 2.05) is 25.7 Å². The molecule has 0 saturated carbocycles. The maximum Gasteiger partial charge on any atom is 0.238 e. The van der Waals surface area contributed by atoms with Crippen molar-refractivity contribution in [3.63, 3.8) is 0 Å². The lowest BCUT2D eigenvalue weighted by Gasteiger charge is -2.28. The van der Waals surface area contributed by atoms with Crippen LogP contribution >= 0.6 is 0 Å². The van der Waals surface area contributed by atoms with E-state index in [0.29, 0.717) is 13.1 Å². The lowest BCUT2D eigenvalue weighted by Crippen LogP contribution is -2.47. The number of rotatable bonds is 6. The molecule has 1 aromatic rings. The fourth-order valence-electron chi connectivity index (χ4n) is 1.86. The van der Waals surface area contributed by atoms with E-state index in [1.165, 1.54) is 6.07 Å². The van der Waals surface area contributed by atoms with Crippen LogP contribution in [0.1, 0.15) is 20.8 Å². The monoisotopic (exact) mass is 285 g/mol. The third-order valence-electron chi connectivity index (χ3n) is 2.67. The van der Waals surface area contributed by atoms with Crippen molar-refractivity contribution >= 4 is 11.6 Å². The molecule has 0 saturated heterocycles. The summed E-state index contributed by atoms with van der Waals surface area (Å²) in [5, 5.41) is 2.26. The second-order valence-electron chi connectivity index (χ2n) is 5.44. The molecule has 1 rings (SSSR count). The van der Waals surface area contributed by atoms with Crippen LogP contribution in [0.4, 0.5) is 14.5 Å². The Labute approximate surface area is 117 Å². The molecule has 20 heavy (non-hydrogen) atoms. The van der Waals surface area contributed by atoms with Crippen molar-refractivity contribution in [2.24, 2.45) is 5.73 Å². The number of nitrogens with two attached hydrogens (primary N) is 1. The lowest BCUT2D eigenvalue weighted by molar-refractivity contribution is -0.117. The number of nitrogens with one attached hydrogen (secondary N) is 1. The summed E-state index contributed by atoms with van der Waals surface area (Å²) in [4.78, 5) is 13.7. The number of benzene rings is 1. The van der Waals surface area contributed by atoms with E-state index in [9.17, 15) is 13.6 Å². The first kappa shape index (κ1) is 16.5. The van der Waals surface area contributed by atoms with Gasteiger partial charge in [0.2, 0.25) is 5.91 Å². The summed E-state index contributed by atoms with van der Waals surface area (Å²) in [5.41, 5.74) is 5.03. The number of nitrogens with zero attached hydrogens (tertiary/aromatic N) is 1. The summed E-state index contributed by atoms with van der Waals surface area (Å²) >= 11 is 0. The first-order valence-corrected chi connectivity index (χ1v) is 6.48. The minimum Gasteiger partial charge on any atom is -0.324 e. The molecule has 6 heteroatoms. The normalized spacial score (nSPS) is 11.8. The third kappa shape index (κ3) is 5.22. The van der Waals surface area contributed by atoms with Gasteiger partial charge in [-0.05, 0) is 32.5 Å². The molecule has 0 heterocycles. The van der Waals surface area contributed by atoms with Crippen LogP contribution in [-0.4, -0.2) is 36.0 Å². The van der Waals surface area contributed by atoms with Crippen LogP contribution in [0.2, 0.25) is 0 Å². The topological polar surface area (TPSA) is 58.4 Å². The Balaban J connectivity index is 2.67. The van der Waals surface area contributed by atoms with E-state index < -0.39 is 28.8 Å². The largest absolute Gasteiger partial charge is 0.324 e. The highest BCUT2D eigenvalue weighted by molar-refractivity contribution is 5.92. The van der Waals surface area contributed by atoms with Gasteiger partial charge in [-0.15, -0.1) is 0 Å². The molecule has 0 radical (unpaired) electrons. The Kier molecular flexibility index (Phi) is 5.59. The predicted molar refractivity (Wildman–Crippen MR) is 75.4 cm³/mol. The minimum atomic E-state index is -0.791. The van der Waals surface area contributed by atoms with Gasteiger partial charge < -0.3 is 11.1 Å². The molecule has 1 aromatic carbocycles. The number of hydrogen-bond acceptors (Lipinski definition) is 3. The molecule has 0 spiro atoms. The van der Waals surface area contributed by atoms with Gasteiger partial charge in [-0.2, -0.15) is 0 Å². The average Bonchev–Trinajstić information content (AvgIpc) is 2.31. The van der Waals surface area contributed by atoms with Crippen LogP contribution < -0.4 is 11.1 Å². The van der Waals surface area contributed by atoms with Gasteiger partial charge in [0.05, 0.1) is 6.54 Å². The zero-order chi connectivity index (χ0) is 15.3. The molecule has 112 valence electrons. The van der Waals surface area contributed by atoms with Gasteiger partial charge in [-0.1, -0.05) is 13.0 Å². The Morgan fingerprint density at radius 1 is 1.35 bits per heavy atom. The molecule has 0 aliphatic heterocycles. The number of amides is 1. The van der Waals surface area contributed by atoms with E-state index in [4.69, 9.17) is 5.73 Å². The summed E-state index contributed by atoms with van der Waals surface area (Å²) in [7, 11) is 0. The summed E-state index contributed by atoms with van der Waals surface area (Å²) in [6, 6.07) is 3.44. The summed E-state index contributed by atoms with van der Waals surface area (Å²) in [6.07, 6.45) is 0. The number of carbonyl (C=O) groups excluding carboxylic acids is 1. The minimum absolute atomic E-state index is 0.0326. The van der Waals surface area contributed by atoms with Crippen molar-refractivity contribution in [3.8, 4) is 0 Å². The quantitative estimate of drug-likeness (QED) is 0.840. The Bertz CT molecular complexity index is 452. The van der Waals surface area contributed by atoms with Crippen LogP contribution in [0.15, 0.2) is 18.2 Å². The standard InChI is InChI=1S/C14H21F2N3O/c1-4-19(9-14(2,3)17)8-12(20)18-13-10(15)6-5-7-11(13)16/h5-7H,4,8-9,17H2,1-3H3,(H,18,20). The average molecular weight is 285 g/mol. The highest BCUT2D eigenvalue weighted by Crippen LogP contribution is 2.17. The first-order valence-electron chi connectivity index (χ1n) is 6.48. The van der Waals surface area contributed by atoms with Gasteiger partial charge in [-0.3, -0.25) is 9.69 Å². The van der Waals surface area contributed by atoms with Gasteiger partial charge >= 0.3 is 0 Å². The Hall–Kier alpha value is -1.53. The molecular formula is C14H21F2N3O. The second kappa shape index (κ2) is 6.76. The molecule has 1 amide bonds. The number of anilines is 1. The number of hydrogen-bond donors (Lipinski definition) is 2. The Morgan fingerprint density at radius 2 is 1.90 bits per heavy atom.